The zero-order valence-corrected chi connectivity index (χ0v) is 17.4. The lowest BCUT2D eigenvalue weighted by Crippen LogP contribution is -2.30. The summed E-state index contributed by atoms with van der Waals surface area (Å²) in [6.07, 6.45) is 2.71. The number of hydrogen-bond acceptors (Lipinski definition) is 1. The second-order valence-electron chi connectivity index (χ2n) is 8.05. The van der Waals surface area contributed by atoms with Crippen LogP contribution in [0.4, 0.5) is 0 Å². The van der Waals surface area contributed by atoms with Crippen LogP contribution in [0.1, 0.15) is 22.3 Å². The van der Waals surface area contributed by atoms with E-state index < -0.39 is 5.60 Å². The summed E-state index contributed by atoms with van der Waals surface area (Å²) in [5.74, 6) is 0. The van der Waals surface area contributed by atoms with Crippen molar-refractivity contribution in [2.45, 2.75) is 18.6 Å². The molecule has 0 saturated heterocycles. The summed E-state index contributed by atoms with van der Waals surface area (Å²) in [4.78, 5) is 0. The van der Waals surface area contributed by atoms with Crippen LogP contribution in [0.3, 0.4) is 0 Å². The van der Waals surface area contributed by atoms with Crippen molar-refractivity contribution in [3.63, 3.8) is 0 Å². The predicted octanol–water partition coefficient (Wildman–Crippen LogP) is 6.17. The van der Waals surface area contributed by atoms with Gasteiger partial charge in [-0.25, -0.2) is 0 Å². The summed E-state index contributed by atoms with van der Waals surface area (Å²) in [6.45, 7) is 0.802. The average molecular weight is 404 g/mol. The Morgan fingerprint density at radius 2 is 1.13 bits per heavy atom. The fourth-order valence-electron chi connectivity index (χ4n) is 4.45. The molecule has 31 heavy (non-hydrogen) atoms. The Kier molecular flexibility index (Phi) is 5.15. The van der Waals surface area contributed by atoms with Crippen LogP contribution in [-0.4, -0.2) is 9.67 Å². The quantitative estimate of drug-likeness (QED) is 0.360. The first-order chi connectivity index (χ1) is 15.2. The predicted molar refractivity (Wildman–Crippen MR) is 127 cm³/mol. The standard InChI is InChI=1S/C29H25NO/c31-29(25-14-6-2-7-15-25,26-16-8-3-9-17-26)20-24-22-30(21-23-12-4-1-5-13-23)28-19-11-10-18-27(24)28/h1-19,22,31H,20-21H2. The highest BCUT2D eigenvalue weighted by molar-refractivity contribution is 5.84. The normalized spacial score (nSPS) is 11.6. The highest BCUT2D eigenvalue weighted by Gasteiger charge is 2.32. The second-order valence-corrected chi connectivity index (χ2v) is 8.05. The van der Waals surface area contributed by atoms with Crippen molar-refractivity contribution in [3.8, 4) is 0 Å². The highest BCUT2D eigenvalue weighted by Crippen LogP contribution is 2.36. The van der Waals surface area contributed by atoms with E-state index in [4.69, 9.17) is 0 Å². The van der Waals surface area contributed by atoms with Crippen molar-refractivity contribution in [2.75, 3.05) is 0 Å². The number of fused-ring (bicyclic) bond motifs is 1. The van der Waals surface area contributed by atoms with Gasteiger partial charge in [-0.05, 0) is 28.3 Å². The van der Waals surface area contributed by atoms with Crippen LogP contribution in [0, 0.1) is 0 Å². The topological polar surface area (TPSA) is 25.2 Å². The molecule has 1 heterocycles. The summed E-state index contributed by atoms with van der Waals surface area (Å²) in [6, 6.07) is 38.9. The Morgan fingerprint density at radius 1 is 0.613 bits per heavy atom. The van der Waals surface area contributed by atoms with Crippen LogP contribution < -0.4 is 0 Å². The van der Waals surface area contributed by atoms with Gasteiger partial charge < -0.3 is 9.67 Å². The Labute approximate surface area is 183 Å². The van der Waals surface area contributed by atoms with Crippen molar-refractivity contribution in [2.24, 2.45) is 0 Å². The molecule has 0 spiro atoms. The maximum Gasteiger partial charge on any atom is 0.119 e. The van der Waals surface area contributed by atoms with Gasteiger partial charge in [0.15, 0.2) is 0 Å². The van der Waals surface area contributed by atoms with Gasteiger partial charge in [0.25, 0.3) is 0 Å². The number of nitrogens with zero attached hydrogens (tertiary/aromatic N) is 1. The van der Waals surface area contributed by atoms with E-state index in [1.165, 1.54) is 16.5 Å². The molecule has 1 aromatic heterocycles. The molecule has 0 unspecified atom stereocenters. The summed E-state index contributed by atoms with van der Waals surface area (Å²) in [5.41, 5.74) is 4.29. The SMILES string of the molecule is OC(Cc1cn(Cc2ccccc2)c2ccccc12)(c1ccccc1)c1ccccc1. The fraction of sp³-hybridized carbons (Fsp3) is 0.103. The molecule has 2 nitrogen and oxygen atoms in total. The zero-order chi connectivity index (χ0) is 21.1. The van der Waals surface area contributed by atoms with Gasteiger partial charge in [0, 0.05) is 30.1 Å². The molecule has 0 saturated carbocycles. The van der Waals surface area contributed by atoms with Crippen molar-refractivity contribution < 1.29 is 5.11 Å². The lowest BCUT2D eigenvalue weighted by Gasteiger charge is -2.29. The third-order valence-electron chi connectivity index (χ3n) is 6.02. The molecule has 5 rings (SSSR count). The van der Waals surface area contributed by atoms with Gasteiger partial charge in [-0.15, -0.1) is 0 Å². The molecular formula is C29H25NO. The number of benzene rings is 4. The lowest BCUT2D eigenvalue weighted by atomic mass is 9.81. The Hall–Kier alpha value is -3.62. The third kappa shape index (κ3) is 3.78. The first-order valence-electron chi connectivity index (χ1n) is 10.7. The summed E-state index contributed by atoms with van der Waals surface area (Å²) in [5, 5.41) is 13.2. The molecule has 0 bridgehead atoms. The molecule has 0 aliphatic heterocycles. The van der Waals surface area contributed by atoms with Crippen LogP contribution in [0.5, 0.6) is 0 Å². The maximum atomic E-state index is 12.1. The van der Waals surface area contributed by atoms with Crippen molar-refractivity contribution in [1.82, 2.24) is 4.57 Å². The van der Waals surface area contributed by atoms with E-state index in [-0.39, 0.29) is 0 Å². The molecule has 0 fully saturated rings. The van der Waals surface area contributed by atoms with Crippen LogP contribution in [0.2, 0.25) is 0 Å². The van der Waals surface area contributed by atoms with E-state index in [0.29, 0.717) is 6.42 Å². The van der Waals surface area contributed by atoms with E-state index in [2.05, 4.69) is 59.3 Å². The molecule has 0 aliphatic rings. The Bertz CT molecular complexity index is 1230. The minimum atomic E-state index is -1.11. The number of aliphatic hydroxyl groups is 1. The number of rotatable bonds is 6. The fourth-order valence-corrected chi connectivity index (χ4v) is 4.45. The van der Waals surface area contributed by atoms with Crippen LogP contribution in [0.25, 0.3) is 10.9 Å². The molecule has 0 radical (unpaired) electrons. The monoisotopic (exact) mass is 403 g/mol. The highest BCUT2D eigenvalue weighted by atomic mass is 16.3. The Morgan fingerprint density at radius 3 is 1.74 bits per heavy atom. The molecule has 152 valence electrons. The minimum Gasteiger partial charge on any atom is -0.380 e. The molecule has 0 aliphatic carbocycles. The maximum absolute atomic E-state index is 12.1. The minimum absolute atomic E-state index is 0.503. The lowest BCUT2D eigenvalue weighted by molar-refractivity contribution is 0.0814. The summed E-state index contributed by atoms with van der Waals surface area (Å²) >= 11 is 0. The van der Waals surface area contributed by atoms with Gasteiger partial charge in [0.1, 0.15) is 5.60 Å². The van der Waals surface area contributed by atoms with Gasteiger partial charge in [0.2, 0.25) is 0 Å². The smallest absolute Gasteiger partial charge is 0.119 e. The van der Waals surface area contributed by atoms with Gasteiger partial charge in [-0.1, -0.05) is 109 Å². The second kappa shape index (κ2) is 8.25. The molecule has 1 N–H and O–H groups in total. The summed E-state index contributed by atoms with van der Waals surface area (Å²) < 4.78 is 2.29. The first-order valence-corrected chi connectivity index (χ1v) is 10.7. The van der Waals surface area contributed by atoms with E-state index in [9.17, 15) is 5.11 Å². The van der Waals surface area contributed by atoms with E-state index in [1.807, 2.05) is 66.7 Å². The largest absolute Gasteiger partial charge is 0.380 e. The number of aromatic nitrogens is 1. The van der Waals surface area contributed by atoms with E-state index in [1.54, 1.807) is 0 Å². The van der Waals surface area contributed by atoms with E-state index in [0.717, 1.165) is 23.2 Å². The van der Waals surface area contributed by atoms with Gasteiger partial charge >= 0.3 is 0 Å². The zero-order valence-electron chi connectivity index (χ0n) is 17.4. The van der Waals surface area contributed by atoms with Crippen LogP contribution in [0.15, 0.2) is 121 Å². The molecule has 4 aromatic carbocycles. The molecule has 0 atom stereocenters. The number of hydrogen-bond donors (Lipinski definition) is 1. The van der Waals surface area contributed by atoms with Crippen LogP contribution in [-0.2, 0) is 18.6 Å². The van der Waals surface area contributed by atoms with Gasteiger partial charge in [-0.3, -0.25) is 0 Å². The van der Waals surface area contributed by atoms with Gasteiger partial charge in [-0.2, -0.15) is 0 Å². The summed E-state index contributed by atoms with van der Waals surface area (Å²) in [7, 11) is 0. The first kappa shape index (κ1) is 19.3. The molecule has 0 amide bonds. The van der Waals surface area contributed by atoms with E-state index >= 15 is 0 Å². The average Bonchev–Trinajstić information content (AvgIpc) is 3.17. The Balaban J connectivity index is 1.61. The molecule has 2 heteroatoms. The molecule has 5 aromatic rings. The number of para-hydroxylation sites is 1. The third-order valence-corrected chi connectivity index (χ3v) is 6.02. The van der Waals surface area contributed by atoms with Crippen molar-refractivity contribution in [3.05, 3.63) is 144 Å². The van der Waals surface area contributed by atoms with Crippen molar-refractivity contribution in [1.29, 1.82) is 0 Å². The van der Waals surface area contributed by atoms with Gasteiger partial charge in [0.05, 0.1) is 0 Å². The van der Waals surface area contributed by atoms with Crippen LogP contribution >= 0.6 is 0 Å². The molecular weight excluding hydrogens is 378 g/mol. The van der Waals surface area contributed by atoms with Crippen molar-refractivity contribution >= 4 is 10.9 Å².